The molecular weight excluding hydrogens is 352 g/mol. The van der Waals surface area contributed by atoms with Gasteiger partial charge >= 0.3 is 0 Å². The van der Waals surface area contributed by atoms with E-state index in [1.54, 1.807) is 6.08 Å². The zero-order valence-corrected chi connectivity index (χ0v) is 15.5. The molecule has 3 amide bonds. The summed E-state index contributed by atoms with van der Waals surface area (Å²) in [5, 5.41) is 11.5. The summed E-state index contributed by atoms with van der Waals surface area (Å²) in [5.74, 6) is -0.242. The maximum atomic E-state index is 12.1. The Morgan fingerprint density at radius 3 is 2.85 bits per heavy atom. The molecule has 1 fully saturated rings. The van der Waals surface area contributed by atoms with E-state index in [1.807, 2.05) is 31.2 Å². The van der Waals surface area contributed by atoms with E-state index in [0.717, 1.165) is 11.3 Å². The standard InChI is InChI=1S/C18H24N4O3S/c1-3-8-19-15(23)9-13-10-16(24)22-18(20-13)26-11-17(25)21-14-7-5-4-6-12(14)2/h3-7,13,18,20H,1,8-11H2,2H3,(H,19,23)(H,21,25)(H,22,24). The average Bonchev–Trinajstić information content (AvgIpc) is 2.60. The van der Waals surface area contributed by atoms with Crippen LogP contribution in [0.4, 0.5) is 5.69 Å². The summed E-state index contributed by atoms with van der Waals surface area (Å²) < 4.78 is 0. The second-order valence-corrected chi connectivity index (χ2v) is 7.08. The third-order valence-corrected chi connectivity index (χ3v) is 4.80. The molecule has 1 heterocycles. The molecular formula is C18H24N4O3S. The first-order valence-corrected chi connectivity index (χ1v) is 9.43. The van der Waals surface area contributed by atoms with Crippen molar-refractivity contribution in [2.45, 2.75) is 31.3 Å². The summed E-state index contributed by atoms with van der Waals surface area (Å²) in [6.07, 6.45) is 2.03. The lowest BCUT2D eigenvalue weighted by Crippen LogP contribution is -2.56. The minimum Gasteiger partial charge on any atom is -0.353 e. The summed E-state index contributed by atoms with van der Waals surface area (Å²) in [6, 6.07) is 7.28. The largest absolute Gasteiger partial charge is 0.353 e. The zero-order chi connectivity index (χ0) is 18.9. The fourth-order valence-electron chi connectivity index (χ4n) is 2.50. The molecule has 0 spiro atoms. The number of nitrogens with one attached hydrogen (secondary N) is 4. The van der Waals surface area contributed by atoms with Crippen LogP contribution >= 0.6 is 11.8 Å². The molecule has 2 atom stereocenters. The minimum atomic E-state index is -0.406. The van der Waals surface area contributed by atoms with Gasteiger partial charge in [-0.15, -0.1) is 18.3 Å². The van der Waals surface area contributed by atoms with Crippen LogP contribution in [0.3, 0.4) is 0 Å². The summed E-state index contributed by atoms with van der Waals surface area (Å²) in [4.78, 5) is 35.8. The molecule has 0 saturated carbocycles. The minimum absolute atomic E-state index is 0.137. The lowest BCUT2D eigenvalue weighted by atomic mass is 10.1. The molecule has 0 radical (unpaired) electrons. The molecule has 0 aromatic heterocycles. The monoisotopic (exact) mass is 376 g/mol. The number of thioether (sulfide) groups is 1. The highest BCUT2D eigenvalue weighted by Crippen LogP contribution is 2.16. The molecule has 4 N–H and O–H groups in total. The fourth-order valence-corrected chi connectivity index (χ4v) is 3.40. The maximum Gasteiger partial charge on any atom is 0.234 e. The van der Waals surface area contributed by atoms with Gasteiger partial charge in [-0.25, -0.2) is 0 Å². The molecule has 1 aliphatic heterocycles. The average molecular weight is 376 g/mol. The molecule has 1 aromatic carbocycles. The number of hydrogen-bond donors (Lipinski definition) is 4. The zero-order valence-electron chi connectivity index (χ0n) is 14.7. The molecule has 140 valence electrons. The fraction of sp³-hybridized carbons (Fsp3) is 0.389. The van der Waals surface area contributed by atoms with Crippen molar-refractivity contribution in [3.63, 3.8) is 0 Å². The number of benzene rings is 1. The predicted molar refractivity (Wildman–Crippen MR) is 104 cm³/mol. The van der Waals surface area contributed by atoms with Crippen molar-refractivity contribution in [1.29, 1.82) is 0 Å². The Balaban J connectivity index is 1.80. The van der Waals surface area contributed by atoms with Crippen molar-refractivity contribution >= 4 is 35.2 Å². The summed E-state index contributed by atoms with van der Waals surface area (Å²) >= 11 is 1.28. The third kappa shape index (κ3) is 6.53. The lowest BCUT2D eigenvalue weighted by molar-refractivity contribution is -0.125. The van der Waals surface area contributed by atoms with E-state index in [2.05, 4.69) is 27.8 Å². The van der Waals surface area contributed by atoms with Gasteiger partial charge in [-0.2, -0.15) is 0 Å². The van der Waals surface area contributed by atoms with Crippen LogP contribution in [0.15, 0.2) is 36.9 Å². The number of hydrogen-bond acceptors (Lipinski definition) is 5. The number of rotatable bonds is 8. The van der Waals surface area contributed by atoms with E-state index in [-0.39, 0.29) is 42.4 Å². The van der Waals surface area contributed by atoms with Crippen molar-refractivity contribution in [2.75, 3.05) is 17.6 Å². The first kappa shape index (κ1) is 20.0. The molecule has 2 rings (SSSR count). The van der Waals surface area contributed by atoms with Crippen molar-refractivity contribution in [2.24, 2.45) is 0 Å². The highest BCUT2D eigenvalue weighted by Gasteiger charge is 2.27. The Morgan fingerprint density at radius 2 is 2.12 bits per heavy atom. The molecule has 8 heteroatoms. The van der Waals surface area contributed by atoms with E-state index in [0.29, 0.717) is 6.54 Å². The van der Waals surface area contributed by atoms with Gasteiger partial charge in [0.05, 0.1) is 5.75 Å². The van der Waals surface area contributed by atoms with E-state index in [4.69, 9.17) is 0 Å². The van der Waals surface area contributed by atoms with E-state index in [1.165, 1.54) is 11.8 Å². The summed E-state index contributed by atoms with van der Waals surface area (Å²) in [5.41, 5.74) is 1.35. The number of para-hydroxylation sites is 1. The predicted octanol–water partition coefficient (Wildman–Crippen LogP) is 1.12. The number of amides is 3. The second-order valence-electron chi connectivity index (χ2n) is 5.99. The summed E-state index contributed by atoms with van der Waals surface area (Å²) in [7, 11) is 0. The number of anilines is 1. The van der Waals surface area contributed by atoms with Crippen molar-refractivity contribution in [3.05, 3.63) is 42.5 Å². The van der Waals surface area contributed by atoms with Crippen molar-refractivity contribution < 1.29 is 14.4 Å². The lowest BCUT2D eigenvalue weighted by Gasteiger charge is -2.30. The molecule has 1 aliphatic rings. The van der Waals surface area contributed by atoms with Crippen LogP contribution in [0.25, 0.3) is 0 Å². The van der Waals surface area contributed by atoms with Crippen LogP contribution in [0.1, 0.15) is 18.4 Å². The van der Waals surface area contributed by atoms with Crippen LogP contribution < -0.4 is 21.3 Å². The SMILES string of the molecule is C=CCNC(=O)CC1CC(=O)NC(SCC(=O)Nc2ccccc2C)N1. The maximum absolute atomic E-state index is 12.1. The van der Waals surface area contributed by atoms with Crippen LogP contribution in [0.2, 0.25) is 0 Å². The Morgan fingerprint density at radius 1 is 1.35 bits per heavy atom. The van der Waals surface area contributed by atoms with Gasteiger partial charge in [-0.3, -0.25) is 19.7 Å². The smallest absolute Gasteiger partial charge is 0.234 e. The number of carbonyl (C=O) groups excluding carboxylic acids is 3. The third-order valence-electron chi connectivity index (χ3n) is 3.79. The second kappa shape index (κ2) is 9.98. The quantitative estimate of drug-likeness (QED) is 0.510. The first-order chi connectivity index (χ1) is 12.5. The van der Waals surface area contributed by atoms with Gasteiger partial charge in [0, 0.05) is 31.1 Å². The van der Waals surface area contributed by atoms with Gasteiger partial charge in [0.1, 0.15) is 5.50 Å². The van der Waals surface area contributed by atoms with E-state index < -0.39 is 5.50 Å². The van der Waals surface area contributed by atoms with Crippen LogP contribution in [0, 0.1) is 6.92 Å². The molecule has 1 aromatic rings. The van der Waals surface area contributed by atoms with Gasteiger partial charge in [0.15, 0.2) is 0 Å². The Labute approximate surface area is 157 Å². The van der Waals surface area contributed by atoms with Crippen LogP contribution in [-0.4, -0.2) is 41.6 Å². The molecule has 7 nitrogen and oxygen atoms in total. The van der Waals surface area contributed by atoms with E-state index in [9.17, 15) is 14.4 Å². The van der Waals surface area contributed by atoms with E-state index >= 15 is 0 Å². The molecule has 2 unspecified atom stereocenters. The van der Waals surface area contributed by atoms with Gasteiger partial charge in [0.2, 0.25) is 17.7 Å². The normalized spacial score (nSPS) is 19.3. The number of aryl methyl sites for hydroxylation is 1. The van der Waals surface area contributed by atoms with Gasteiger partial charge < -0.3 is 16.0 Å². The Bertz CT molecular complexity index is 680. The molecule has 0 bridgehead atoms. The highest BCUT2D eigenvalue weighted by molar-refractivity contribution is 8.00. The first-order valence-electron chi connectivity index (χ1n) is 8.38. The molecule has 0 aliphatic carbocycles. The van der Waals surface area contributed by atoms with Crippen molar-refractivity contribution in [1.82, 2.24) is 16.0 Å². The molecule has 26 heavy (non-hydrogen) atoms. The van der Waals surface area contributed by atoms with Gasteiger partial charge in [0.25, 0.3) is 0 Å². The van der Waals surface area contributed by atoms with Crippen LogP contribution in [0.5, 0.6) is 0 Å². The Hall–Kier alpha value is -2.32. The van der Waals surface area contributed by atoms with Crippen LogP contribution in [-0.2, 0) is 14.4 Å². The molecule has 1 saturated heterocycles. The highest BCUT2D eigenvalue weighted by atomic mass is 32.2. The summed E-state index contributed by atoms with van der Waals surface area (Å²) in [6.45, 7) is 5.87. The number of carbonyl (C=O) groups is 3. The van der Waals surface area contributed by atoms with Gasteiger partial charge in [-0.05, 0) is 18.6 Å². The topological polar surface area (TPSA) is 99.3 Å². The Kier molecular flexibility index (Phi) is 7.68. The van der Waals surface area contributed by atoms with Gasteiger partial charge in [-0.1, -0.05) is 24.3 Å². The van der Waals surface area contributed by atoms with Crippen molar-refractivity contribution in [3.8, 4) is 0 Å².